The van der Waals surface area contributed by atoms with Gasteiger partial charge in [0.2, 0.25) is 0 Å². The van der Waals surface area contributed by atoms with E-state index in [9.17, 15) is 0 Å². The molecule has 0 saturated heterocycles. The Balaban J connectivity index is 2.73. The van der Waals surface area contributed by atoms with Crippen LogP contribution in [0.1, 0.15) is 26.0 Å². The summed E-state index contributed by atoms with van der Waals surface area (Å²) in [4.78, 5) is 7.96. The minimum absolute atomic E-state index is 0.403. The quantitative estimate of drug-likeness (QED) is 0.710. The van der Waals surface area contributed by atoms with Crippen LogP contribution in [-0.2, 0) is 0 Å². The molecule has 1 heterocycles. The number of hydrogen-bond acceptors (Lipinski definition) is 3. The van der Waals surface area contributed by atoms with Crippen LogP contribution in [0.3, 0.4) is 0 Å². The van der Waals surface area contributed by atoms with Crippen molar-refractivity contribution in [2.45, 2.75) is 26.3 Å². The second-order valence-electron chi connectivity index (χ2n) is 2.89. The molecule has 3 nitrogen and oxygen atoms in total. The van der Waals surface area contributed by atoms with Crippen LogP contribution in [0.4, 0.5) is 5.82 Å². The van der Waals surface area contributed by atoms with Crippen LogP contribution in [0.25, 0.3) is 0 Å². The van der Waals surface area contributed by atoms with Crippen molar-refractivity contribution in [3.05, 3.63) is 18.1 Å². The highest BCUT2D eigenvalue weighted by Gasteiger charge is 2.00. The van der Waals surface area contributed by atoms with Crippen molar-refractivity contribution >= 4 is 5.82 Å². The number of anilines is 1. The molecule has 0 aromatic carbocycles. The Bertz CT molecular complexity index is 314. The third-order valence-electron chi connectivity index (χ3n) is 1.82. The Morgan fingerprint density at radius 2 is 2.38 bits per heavy atom. The molecule has 0 saturated carbocycles. The Kier molecular flexibility index (Phi) is 3.27. The summed E-state index contributed by atoms with van der Waals surface area (Å²) < 4.78 is 0. The molecule has 0 radical (unpaired) electrons. The smallest absolute Gasteiger partial charge is 0.130 e. The summed E-state index contributed by atoms with van der Waals surface area (Å²) >= 11 is 0. The molecule has 3 heteroatoms. The maximum absolute atomic E-state index is 5.21. The van der Waals surface area contributed by atoms with Crippen LogP contribution in [-0.4, -0.2) is 16.0 Å². The highest BCUT2D eigenvalue weighted by Crippen LogP contribution is 2.05. The van der Waals surface area contributed by atoms with Gasteiger partial charge >= 0.3 is 0 Å². The predicted octanol–water partition coefficient (Wildman–Crippen LogP) is 1.67. The molecule has 13 heavy (non-hydrogen) atoms. The number of nitrogens with one attached hydrogen (secondary N) is 1. The van der Waals surface area contributed by atoms with Gasteiger partial charge in [-0.05, 0) is 13.3 Å². The van der Waals surface area contributed by atoms with Gasteiger partial charge in [-0.25, -0.2) is 9.97 Å². The summed E-state index contributed by atoms with van der Waals surface area (Å²) in [5.74, 6) is 3.26. The van der Waals surface area contributed by atoms with Crippen LogP contribution >= 0.6 is 0 Å². The zero-order chi connectivity index (χ0) is 9.68. The summed E-state index contributed by atoms with van der Waals surface area (Å²) in [5, 5.41) is 3.22. The number of aromatic nitrogens is 2. The average molecular weight is 175 g/mol. The normalized spacial score (nSPS) is 11.8. The highest BCUT2D eigenvalue weighted by atomic mass is 15.0. The average Bonchev–Trinajstić information content (AvgIpc) is 2.18. The van der Waals surface area contributed by atoms with E-state index >= 15 is 0 Å². The molecule has 1 unspecified atom stereocenters. The molecule has 0 bridgehead atoms. The molecule has 1 aromatic rings. The maximum Gasteiger partial charge on any atom is 0.130 e. The van der Waals surface area contributed by atoms with Gasteiger partial charge in [0.25, 0.3) is 0 Å². The van der Waals surface area contributed by atoms with Gasteiger partial charge in [-0.3, -0.25) is 0 Å². The van der Waals surface area contributed by atoms with Crippen molar-refractivity contribution < 1.29 is 0 Å². The van der Waals surface area contributed by atoms with Gasteiger partial charge in [-0.15, -0.1) is 6.42 Å². The molecule has 0 fully saturated rings. The van der Waals surface area contributed by atoms with Gasteiger partial charge in [0.15, 0.2) is 0 Å². The zero-order valence-electron chi connectivity index (χ0n) is 7.91. The fraction of sp³-hybridized carbons (Fsp3) is 0.400. The van der Waals surface area contributed by atoms with E-state index in [1.165, 1.54) is 6.33 Å². The van der Waals surface area contributed by atoms with Gasteiger partial charge in [0.1, 0.15) is 17.8 Å². The summed E-state index contributed by atoms with van der Waals surface area (Å²) in [7, 11) is 0. The third kappa shape index (κ3) is 2.75. The van der Waals surface area contributed by atoms with Crippen molar-refractivity contribution in [2.75, 3.05) is 5.32 Å². The summed E-state index contributed by atoms with van der Waals surface area (Å²) in [5.41, 5.74) is 0.612. The Morgan fingerprint density at radius 3 is 3.00 bits per heavy atom. The number of rotatable bonds is 3. The molecule has 1 N–H and O–H groups in total. The molecule has 0 amide bonds. The molecular formula is C10H13N3. The summed E-state index contributed by atoms with van der Waals surface area (Å²) in [6.45, 7) is 4.21. The van der Waals surface area contributed by atoms with Crippen molar-refractivity contribution in [3.63, 3.8) is 0 Å². The Labute approximate surface area is 78.6 Å². The molecule has 0 spiro atoms. The molecule has 0 aliphatic carbocycles. The van der Waals surface area contributed by atoms with Crippen molar-refractivity contribution in [1.29, 1.82) is 0 Å². The Morgan fingerprint density at radius 1 is 1.62 bits per heavy atom. The van der Waals surface area contributed by atoms with E-state index in [-0.39, 0.29) is 0 Å². The Hall–Kier alpha value is -1.56. The largest absolute Gasteiger partial charge is 0.367 e. The van der Waals surface area contributed by atoms with E-state index in [2.05, 4.69) is 35.1 Å². The minimum atomic E-state index is 0.403. The number of hydrogen-bond donors (Lipinski definition) is 1. The first-order chi connectivity index (χ1) is 6.26. The number of nitrogens with zero attached hydrogens (tertiary/aromatic N) is 2. The van der Waals surface area contributed by atoms with Gasteiger partial charge in [-0.1, -0.05) is 12.8 Å². The van der Waals surface area contributed by atoms with Crippen LogP contribution in [0, 0.1) is 12.3 Å². The van der Waals surface area contributed by atoms with Crippen molar-refractivity contribution in [2.24, 2.45) is 0 Å². The molecular weight excluding hydrogens is 162 g/mol. The molecule has 0 aliphatic heterocycles. The van der Waals surface area contributed by atoms with E-state index < -0.39 is 0 Å². The third-order valence-corrected chi connectivity index (χ3v) is 1.82. The molecule has 0 aliphatic rings. The van der Waals surface area contributed by atoms with E-state index in [0.29, 0.717) is 11.7 Å². The first-order valence-corrected chi connectivity index (χ1v) is 4.31. The van der Waals surface area contributed by atoms with Gasteiger partial charge in [0.05, 0.1) is 0 Å². The lowest BCUT2D eigenvalue weighted by Crippen LogP contribution is -2.14. The van der Waals surface area contributed by atoms with E-state index in [1.54, 1.807) is 6.07 Å². The van der Waals surface area contributed by atoms with Crippen LogP contribution in [0.15, 0.2) is 12.4 Å². The van der Waals surface area contributed by atoms with Gasteiger partial charge in [0, 0.05) is 12.1 Å². The fourth-order valence-electron chi connectivity index (χ4n) is 0.870. The molecule has 1 rings (SSSR count). The van der Waals surface area contributed by atoms with Gasteiger partial charge in [-0.2, -0.15) is 0 Å². The van der Waals surface area contributed by atoms with Crippen LogP contribution < -0.4 is 5.32 Å². The standard InChI is InChI=1S/C10H13N3/c1-4-8(3)13-10-6-9(5-2)11-7-12-10/h2,6-8H,4H2,1,3H3,(H,11,12,13). The second-order valence-corrected chi connectivity index (χ2v) is 2.89. The second kappa shape index (κ2) is 4.46. The highest BCUT2D eigenvalue weighted by molar-refractivity contribution is 5.40. The first kappa shape index (κ1) is 9.53. The maximum atomic E-state index is 5.21. The molecule has 68 valence electrons. The minimum Gasteiger partial charge on any atom is -0.367 e. The summed E-state index contributed by atoms with van der Waals surface area (Å²) in [6, 6.07) is 2.17. The van der Waals surface area contributed by atoms with E-state index in [4.69, 9.17) is 6.42 Å². The van der Waals surface area contributed by atoms with Crippen molar-refractivity contribution in [1.82, 2.24) is 9.97 Å². The van der Waals surface area contributed by atoms with Crippen molar-refractivity contribution in [3.8, 4) is 12.3 Å². The lowest BCUT2D eigenvalue weighted by atomic mass is 10.2. The van der Waals surface area contributed by atoms with Crippen LogP contribution in [0.5, 0.6) is 0 Å². The predicted molar refractivity (Wildman–Crippen MR) is 53.3 cm³/mol. The molecule has 1 atom stereocenters. The van der Waals surface area contributed by atoms with E-state index in [1.807, 2.05) is 0 Å². The summed E-state index contributed by atoms with van der Waals surface area (Å²) in [6.07, 6.45) is 7.74. The SMILES string of the molecule is C#Cc1cc(NC(C)CC)ncn1. The fourth-order valence-corrected chi connectivity index (χ4v) is 0.870. The monoisotopic (exact) mass is 175 g/mol. The van der Waals surface area contributed by atoms with Crippen LogP contribution in [0.2, 0.25) is 0 Å². The molecule has 1 aromatic heterocycles. The number of terminal acetylenes is 1. The topological polar surface area (TPSA) is 37.8 Å². The lowest BCUT2D eigenvalue weighted by Gasteiger charge is -2.11. The van der Waals surface area contributed by atoms with E-state index in [0.717, 1.165) is 12.2 Å². The lowest BCUT2D eigenvalue weighted by molar-refractivity contribution is 0.758. The first-order valence-electron chi connectivity index (χ1n) is 4.31. The van der Waals surface area contributed by atoms with Gasteiger partial charge < -0.3 is 5.32 Å². The zero-order valence-corrected chi connectivity index (χ0v) is 7.91.